The fraction of sp³-hybridized carbons (Fsp3) is 0.250. The molecule has 3 aromatic rings. The number of rotatable bonds is 4. The van der Waals surface area contributed by atoms with Crippen LogP contribution in [0.4, 0.5) is 0 Å². The number of nitrogens with zero attached hydrogens (tertiary/aromatic N) is 4. The SMILES string of the molecule is CC(C)CN(/N=C/c1ccc2[nH]c(=O)n(C)c2c1)C1=NS(=O)(=O)c2cc(Br)ccc21. The normalized spacial score (nSPS) is 15.2. The number of imidazole rings is 1. The molecule has 4 rings (SSSR count). The Balaban J connectivity index is 1.75. The number of sulfonamides is 1. The molecular weight excluding hydrogens is 470 g/mol. The molecule has 0 atom stereocenters. The van der Waals surface area contributed by atoms with Crippen LogP contribution in [-0.4, -0.2) is 41.6 Å². The van der Waals surface area contributed by atoms with Gasteiger partial charge in [0.05, 0.1) is 17.2 Å². The Morgan fingerprint density at radius 2 is 2.03 bits per heavy atom. The number of aryl methyl sites for hydroxylation is 1. The van der Waals surface area contributed by atoms with Gasteiger partial charge in [-0.25, -0.2) is 9.80 Å². The fourth-order valence-corrected chi connectivity index (χ4v) is 5.03. The zero-order chi connectivity index (χ0) is 21.6. The summed E-state index contributed by atoms with van der Waals surface area (Å²) in [6.45, 7) is 4.54. The molecule has 0 fully saturated rings. The zero-order valence-electron chi connectivity index (χ0n) is 16.6. The summed E-state index contributed by atoms with van der Waals surface area (Å²) in [6.07, 6.45) is 1.64. The number of H-pyrrole nitrogens is 1. The molecule has 0 saturated heterocycles. The van der Waals surface area contributed by atoms with Gasteiger partial charge >= 0.3 is 5.69 Å². The molecule has 1 aromatic heterocycles. The average Bonchev–Trinajstić information content (AvgIpc) is 3.11. The minimum atomic E-state index is -3.77. The molecule has 1 aliphatic rings. The first-order chi connectivity index (χ1) is 14.2. The number of hydrogen-bond donors (Lipinski definition) is 1. The van der Waals surface area contributed by atoms with Gasteiger partial charge < -0.3 is 4.98 Å². The molecule has 0 amide bonds. The third-order valence-corrected chi connectivity index (χ3v) is 6.53. The molecule has 1 N–H and O–H groups in total. The van der Waals surface area contributed by atoms with E-state index in [1.54, 1.807) is 36.5 Å². The van der Waals surface area contributed by atoms with E-state index < -0.39 is 10.0 Å². The lowest BCUT2D eigenvalue weighted by atomic mass is 10.1. The molecule has 0 spiro atoms. The standard InChI is InChI=1S/C20H20BrN5O3S/c1-12(2)11-26(19-15-6-5-14(21)9-18(15)30(28,29)24-19)22-10-13-4-7-16-17(8-13)25(3)20(27)23-16/h4-10,12H,11H2,1-3H3,(H,23,27)/b22-10+. The topological polar surface area (TPSA) is 99.9 Å². The van der Waals surface area contributed by atoms with Crippen LogP contribution in [0, 0.1) is 5.92 Å². The lowest BCUT2D eigenvalue weighted by Gasteiger charge is -2.21. The van der Waals surface area contributed by atoms with Gasteiger partial charge in [-0.2, -0.15) is 13.5 Å². The van der Waals surface area contributed by atoms with Crippen LogP contribution in [-0.2, 0) is 17.1 Å². The predicted octanol–water partition coefficient (Wildman–Crippen LogP) is 3.07. The molecule has 30 heavy (non-hydrogen) atoms. The van der Waals surface area contributed by atoms with Crippen molar-refractivity contribution in [2.45, 2.75) is 18.7 Å². The highest BCUT2D eigenvalue weighted by Gasteiger charge is 2.32. The summed E-state index contributed by atoms with van der Waals surface area (Å²) in [5.41, 5.74) is 2.62. The average molecular weight is 490 g/mol. The predicted molar refractivity (Wildman–Crippen MR) is 121 cm³/mol. The Bertz CT molecular complexity index is 1370. The third kappa shape index (κ3) is 3.72. The van der Waals surface area contributed by atoms with E-state index in [-0.39, 0.29) is 16.5 Å². The van der Waals surface area contributed by atoms with E-state index in [0.29, 0.717) is 22.4 Å². The Morgan fingerprint density at radius 3 is 2.77 bits per heavy atom. The van der Waals surface area contributed by atoms with Crippen LogP contribution in [0.15, 0.2) is 60.1 Å². The summed E-state index contributed by atoms with van der Waals surface area (Å²) in [5, 5.41) is 6.16. The van der Waals surface area contributed by atoms with E-state index in [0.717, 1.165) is 16.6 Å². The number of benzene rings is 2. The molecule has 156 valence electrons. The lowest BCUT2D eigenvalue weighted by Crippen LogP contribution is -2.29. The molecule has 2 heterocycles. The first kappa shape index (κ1) is 20.5. The van der Waals surface area contributed by atoms with E-state index in [2.05, 4.69) is 30.4 Å². The van der Waals surface area contributed by atoms with Gasteiger partial charge in [0.2, 0.25) is 0 Å². The zero-order valence-corrected chi connectivity index (χ0v) is 19.0. The number of amidine groups is 1. The molecule has 2 aromatic carbocycles. The van der Waals surface area contributed by atoms with Crippen LogP contribution in [0.2, 0.25) is 0 Å². The second kappa shape index (κ2) is 7.51. The van der Waals surface area contributed by atoms with Crippen molar-refractivity contribution in [2.75, 3.05) is 6.54 Å². The molecule has 0 radical (unpaired) electrons. The van der Waals surface area contributed by atoms with Crippen molar-refractivity contribution in [2.24, 2.45) is 22.5 Å². The van der Waals surface area contributed by atoms with Crippen LogP contribution >= 0.6 is 15.9 Å². The summed E-state index contributed by atoms with van der Waals surface area (Å²) in [7, 11) is -2.08. The molecule has 0 saturated carbocycles. The number of nitrogens with one attached hydrogen (secondary N) is 1. The molecule has 0 bridgehead atoms. The largest absolute Gasteiger partial charge is 0.326 e. The number of aromatic nitrogens is 2. The van der Waals surface area contributed by atoms with Crippen LogP contribution in [0.25, 0.3) is 11.0 Å². The highest BCUT2D eigenvalue weighted by molar-refractivity contribution is 9.10. The van der Waals surface area contributed by atoms with Crippen LogP contribution in [0.5, 0.6) is 0 Å². The highest BCUT2D eigenvalue weighted by atomic mass is 79.9. The first-order valence-electron chi connectivity index (χ1n) is 9.31. The highest BCUT2D eigenvalue weighted by Crippen LogP contribution is 2.30. The Kier molecular flexibility index (Phi) is 5.15. The number of aromatic amines is 1. The Hall–Kier alpha value is -2.72. The van der Waals surface area contributed by atoms with Gasteiger partial charge in [-0.1, -0.05) is 35.8 Å². The van der Waals surface area contributed by atoms with E-state index in [1.165, 1.54) is 4.57 Å². The van der Waals surface area contributed by atoms with E-state index in [1.807, 2.05) is 32.0 Å². The second-order valence-electron chi connectivity index (χ2n) is 7.52. The van der Waals surface area contributed by atoms with Crippen molar-refractivity contribution in [3.63, 3.8) is 0 Å². The van der Waals surface area contributed by atoms with Gasteiger partial charge in [-0.05, 0) is 41.8 Å². The molecule has 0 aliphatic carbocycles. The quantitative estimate of drug-likeness (QED) is 0.449. The summed E-state index contributed by atoms with van der Waals surface area (Å²) < 4.78 is 31.3. The Labute approximate surface area is 182 Å². The third-order valence-electron chi connectivity index (χ3n) is 4.73. The van der Waals surface area contributed by atoms with Gasteiger partial charge in [-0.15, -0.1) is 4.40 Å². The van der Waals surface area contributed by atoms with Crippen molar-refractivity contribution in [3.8, 4) is 0 Å². The van der Waals surface area contributed by atoms with E-state index >= 15 is 0 Å². The van der Waals surface area contributed by atoms with Crippen molar-refractivity contribution in [3.05, 3.63) is 62.5 Å². The van der Waals surface area contributed by atoms with E-state index in [4.69, 9.17) is 0 Å². The maximum Gasteiger partial charge on any atom is 0.326 e. The maximum atomic E-state index is 12.5. The summed E-state index contributed by atoms with van der Waals surface area (Å²) in [6, 6.07) is 10.6. The van der Waals surface area contributed by atoms with Crippen molar-refractivity contribution < 1.29 is 8.42 Å². The summed E-state index contributed by atoms with van der Waals surface area (Å²) >= 11 is 3.32. The van der Waals surface area contributed by atoms with Crippen LogP contribution in [0.3, 0.4) is 0 Å². The fourth-order valence-electron chi connectivity index (χ4n) is 3.28. The van der Waals surface area contributed by atoms with Gasteiger partial charge in [0, 0.05) is 23.6 Å². The minimum absolute atomic E-state index is 0.166. The van der Waals surface area contributed by atoms with Gasteiger partial charge in [0.15, 0.2) is 5.84 Å². The Morgan fingerprint density at radius 1 is 1.27 bits per heavy atom. The van der Waals surface area contributed by atoms with Gasteiger partial charge in [0.1, 0.15) is 4.90 Å². The number of fused-ring (bicyclic) bond motifs is 2. The second-order valence-corrected chi connectivity index (χ2v) is 10.0. The van der Waals surface area contributed by atoms with Gasteiger partial charge in [0.25, 0.3) is 10.0 Å². The first-order valence-corrected chi connectivity index (χ1v) is 11.5. The van der Waals surface area contributed by atoms with Crippen LogP contribution < -0.4 is 5.69 Å². The lowest BCUT2D eigenvalue weighted by molar-refractivity contribution is 0.386. The minimum Gasteiger partial charge on any atom is -0.306 e. The summed E-state index contributed by atoms with van der Waals surface area (Å²) in [4.78, 5) is 14.7. The number of hydrogen-bond acceptors (Lipinski definition) is 5. The van der Waals surface area contributed by atoms with Crippen molar-refractivity contribution in [1.82, 2.24) is 14.6 Å². The van der Waals surface area contributed by atoms with E-state index in [9.17, 15) is 13.2 Å². The molecule has 10 heteroatoms. The monoisotopic (exact) mass is 489 g/mol. The summed E-state index contributed by atoms with van der Waals surface area (Å²) in [5.74, 6) is 0.526. The molecule has 1 aliphatic heterocycles. The maximum absolute atomic E-state index is 12.5. The van der Waals surface area contributed by atoms with Gasteiger partial charge in [-0.3, -0.25) is 4.57 Å². The smallest absolute Gasteiger partial charge is 0.306 e. The van der Waals surface area contributed by atoms with Crippen LogP contribution in [0.1, 0.15) is 25.0 Å². The molecule has 8 nitrogen and oxygen atoms in total. The molecular formula is C20H20BrN5O3S. The van der Waals surface area contributed by atoms with Crippen molar-refractivity contribution >= 4 is 49.0 Å². The number of hydrazone groups is 1. The molecule has 0 unspecified atom stereocenters. The number of halogens is 1. The van der Waals surface area contributed by atoms with Crippen molar-refractivity contribution in [1.29, 1.82) is 0 Å².